The van der Waals surface area contributed by atoms with Gasteiger partial charge in [-0.1, -0.05) is 0 Å². The highest BCUT2D eigenvalue weighted by molar-refractivity contribution is 5.83. The summed E-state index contributed by atoms with van der Waals surface area (Å²) in [5.74, 6) is 0.126. The highest BCUT2D eigenvalue weighted by Gasteiger charge is 2.31. The van der Waals surface area contributed by atoms with Crippen molar-refractivity contribution in [1.29, 1.82) is 0 Å². The monoisotopic (exact) mass is 212 g/mol. The Labute approximate surface area is 89.0 Å². The molecule has 0 saturated carbocycles. The number of hydrogen-bond donors (Lipinski definition) is 0. The number of likely N-dealkylation sites (N-methyl/N-ethyl adjacent to an activating group) is 1. The molecule has 0 aromatic heterocycles. The first-order chi connectivity index (χ1) is 7.18. The molecule has 1 atom stereocenters. The second-order valence-corrected chi connectivity index (χ2v) is 4.06. The third-order valence-electron chi connectivity index (χ3n) is 2.95. The zero-order chi connectivity index (χ0) is 10.8. The first kappa shape index (κ1) is 10.4. The minimum atomic E-state index is -0.453. The lowest BCUT2D eigenvalue weighted by atomic mass is 10.2. The molecular weight excluding hydrogens is 196 g/mol. The fourth-order valence-electron chi connectivity index (χ4n) is 1.99. The summed E-state index contributed by atoms with van der Waals surface area (Å²) in [6, 6.07) is 0. The Morgan fingerprint density at radius 3 is 2.87 bits per heavy atom. The molecule has 2 amide bonds. The summed E-state index contributed by atoms with van der Waals surface area (Å²) < 4.78 is 5.39. The van der Waals surface area contributed by atoms with Gasteiger partial charge in [-0.05, 0) is 6.42 Å². The zero-order valence-electron chi connectivity index (χ0n) is 8.94. The SMILES string of the molecule is CN1CCOC(CN2CCCC2=O)C1=O. The van der Waals surface area contributed by atoms with E-state index in [2.05, 4.69) is 0 Å². The molecule has 2 saturated heterocycles. The van der Waals surface area contributed by atoms with E-state index >= 15 is 0 Å². The smallest absolute Gasteiger partial charge is 0.253 e. The highest BCUT2D eigenvalue weighted by Crippen LogP contribution is 2.13. The second kappa shape index (κ2) is 4.18. The second-order valence-electron chi connectivity index (χ2n) is 4.06. The highest BCUT2D eigenvalue weighted by atomic mass is 16.5. The van der Waals surface area contributed by atoms with Crippen molar-refractivity contribution in [2.24, 2.45) is 0 Å². The molecule has 2 heterocycles. The van der Waals surface area contributed by atoms with Gasteiger partial charge in [0.1, 0.15) is 0 Å². The predicted molar refractivity (Wildman–Crippen MR) is 53.2 cm³/mol. The van der Waals surface area contributed by atoms with Crippen molar-refractivity contribution in [2.45, 2.75) is 18.9 Å². The normalized spacial score (nSPS) is 27.7. The molecule has 84 valence electrons. The van der Waals surface area contributed by atoms with E-state index in [0.29, 0.717) is 26.1 Å². The Bertz CT molecular complexity index is 280. The third kappa shape index (κ3) is 2.12. The number of likely N-dealkylation sites (tertiary alicyclic amines) is 1. The molecule has 1 unspecified atom stereocenters. The molecule has 5 nitrogen and oxygen atoms in total. The first-order valence-corrected chi connectivity index (χ1v) is 5.33. The van der Waals surface area contributed by atoms with Gasteiger partial charge >= 0.3 is 0 Å². The molecule has 15 heavy (non-hydrogen) atoms. The molecule has 0 N–H and O–H groups in total. The molecule has 0 aliphatic carbocycles. The van der Waals surface area contributed by atoms with Gasteiger partial charge < -0.3 is 14.5 Å². The number of amides is 2. The van der Waals surface area contributed by atoms with Gasteiger partial charge in [-0.15, -0.1) is 0 Å². The van der Waals surface area contributed by atoms with Crippen LogP contribution >= 0.6 is 0 Å². The molecule has 0 spiro atoms. The number of rotatable bonds is 2. The van der Waals surface area contributed by atoms with Gasteiger partial charge in [-0.25, -0.2) is 0 Å². The van der Waals surface area contributed by atoms with E-state index in [-0.39, 0.29) is 11.8 Å². The standard InChI is InChI=1S/C10H16N2O3/c1-11-5-6-15-8(10(11)14)7-12-4-2-3-9(12)13/h8H,2-7H2,1H3. The van der Waals surface area contributed by atoms with Gasteiger partial charge in [0.15, 0.2) is 6.10 Å². The van der Waals surface area contributed by atoms with E-state index in [4.69, 9.17) is 4.74 Å². The minimum absolute atomic E-state index is 0.0130. The average Bonchev–Trinajstić information content (AvgIpc) is 2.60. The van der Waals surface area contributed by atoms with E-state index in [1.54, 1.807) is 16.8 Å². The molecular formula is C10H16N2O3. The summed E-state index contributed by atoms with van der Waals surface area (Å²) >= 11 is 0. The van der Waals surface area contributed by atoms with Crippen LogP contribution in [0.15, 0.2) is 0 Å². The van der Waals surface area contributed by atoms with Crippen molar-refractivity contribution in [1.82, 2.24) is 9.80 Å². The maximum Gasteiger partial charge on any atom is 0.253 e. The van der Waals surface area contributed by atoms with Crippen LogP contribution in [0.3, 0.4) is 0 Å². The summed E-state index contributed by atoms with van der Waals surface area (Å²) in [5, 5.41) is 0. The van der Waals surface area contributed by atoms with Gasteiger partial charge in [-0.3, -0.25) is 9.59 Å². The Morgan fingerprint density at radius 2 is 2.20 bits per heavy atom. The molecule has 2 aliphatic rings. The molecule has 2 aliphatic heterocycles. The Balaban J connectivity index is 1.93. The summed E-state index contributed by atoms with van der Waals surface area (Å²) in [4.78, 5) is 26.4. The van der Waals surface area contributed by atoms with Gasteiger partial charge in [0.05, 0.1) is 13.2 Å². The number of ether oxygens (including phenoxy) is 1. The van der Waals surface area contributed by atoms with Crippen LogP contribution < -0.4 is 0 Å². The van der Waals surface area contributed by atoms with Crippen LogP contribution in [0.1, 0.15) is 12.8 Å². The lowest BCUT2D eigenvalue weighted by molar-refractivity contribution is -0.153. The fraction of sp³-hybridized carbons (Fsp3) is 0.800. The molecule has 0 radical (unpaired) electrons. The van der Waals surface area contributed by atoms with E-state index in [1.165, 1.54) is 0 Å². The molecule has 0 bridgehead atoms. The largest absolute Gasteiger partial charge is 0.365 e. The van der Waals surface area contributed by atoms with Crippen LogP contribution in [0.2, 0.25) is 0 Å². The summed E-state index contributed by atoms with van der Waals surface area (Å²) in [6.45, 7) is 2.38. The van der Waals surface area contributed by atoms with E-state index < -0.39 is 6.10 Å². The molecule has 2 fully saturated rings. The fourth-order valence-corrected chi connectivity index (χ4v) is 1.99. The van der Waals surface area contributed by atoms with Crippen molar-refractivity contribution in [3.05, 3.63) is 0 Å². The predicted octanol–water partition coefficient (Wildman–Crippen LogP) is -0.534. The molecule has 0 aromatic carbocycles. The van der Waals surface area contributed by atoms with E-state index in [1.807, 2.05) is 0 Å². The minimum Gasteiger partial charge on any atom is -0.365 e. The first-order valence-electron chi connectivity index (χ1n) is 5.33. The quantitative estimate of drug-likeness (QED) is 0.618. The zero-order valence-corrected chi connectivity index (χ0v) is 8.94. The van der Waals surface area contributed by atoms with E-state index in [0.717, 1.165) is 13.0 Å². The van der Waals surface area contributed by atoms with Crippen molar-refractivity contribution >= 4 is 11.8 Å². The van der Waals surface area contributed by atoms with Crippen LogP contribution in [0.4, 0.5) is 0 Å². The van der Waals surface area contributed by atoms with Crippen LogP contribution in [0.25, 0.3) is 0 Å². The Morgan fingerprint density at radius 1 is 1.40 bits per heavy atom. The Hall–Kier alpha value is -1.10. The molecule has 5 heteroatoms. The number of nitrogens with zero attached hydrogens (tertiary/aromatic N) is 2. The molecule has 0 aromatic rings. The summed E-state index contributed by atoms with van der Waals surface area (Å²) in [7, 11) is 1.77. The number of carbonyl (C=O) groups is 2. The Kier molecular flexibility index (Phi) is 2.90. The van der Waals surface area contributed by atoms with Gasteiger partial charge in [0, 0.05) is 26.6 Å². The number of carbonyl (C=O) groups excluding carboxylic acids is 2. The van der Waals surface area contributed by atoms with Crippen molar-refractivity contribution in [2.75, 3.05) is 33.3 Å². The van der Waals surface area contributed by atoms with Gasteiger partial charge in [-0.2, -0.15) is 0 Å². The third-order valence-corrected chi connectivity index (χ3v) is 2.95. The van der Waals surface area contributed by atoms with Crippen LogP contribution in [0.5, 0.6) is 0 Å². The topological polar surface area (TPSA) is 49.9 Å². The van der Waals surface area contributed by atoms with Gasteiger partial charge in [0.2, 0.25) is 5.91 Å². The van der Waals surface area contributed by atoms with E-state index in [9.17, 15) is 9.59 Å². The summed E-state index contributed by atoms with van der Waals surface area (Å²) in [6.07, 6.45) is 1.05. The van der Waals surface area contributed by atoms with Crippen LogP contribution in [-0.4, -0.2) is 61.0 Å². The average molecular weight is 212 g/mol. The number of morpholine rings is 1. The lowest BCUT2D eigenvalue weighted by Gasteiger charge is -2.31. The lowest BCUT2D eigenvalue weighted by Crippen LogP contribution is -2.50. The maximum absolute atomic E-state index is 11.7. The van der Waals surface area contributed by atoms with Crippen LogP contribution in [0, 0.1) is 0 Å². The van der Waals surface area contributed by atoms with Crippen molar-refractivity contribution in [3.63, 3.8) is 0 Å². The van der Waals surface area contributed by atoms with Crippen LogP contribution in [-0.2, 0) is 14.3 Å². The van der Waals surface area contributed by atoms with Gasteiger partial charge in [0.25, 0.3) is 5.91 Å². The summed E-state index contributed by atoms with van der Waals surface area (Å²) in [5.41, 5.74) is 0. The van der Waals surface area contributed by atoms with Crippen molar-refractivity contribution < 1.29 is 14.3 Å². The number of hydrogen-bond acceptors (Lipinski definition) is 3. The molecule has 2 rings (SSSR count). The maximum atomic E-state index is 11.7. The van der Waals surface area contributed by atoms with Crippen molar-refractivity contribution in [3.8, 4) is 0 Å².